The zero-order chi connectivity index (χ0) is 24.7. The molecule has 1 unspecified atom stereocenters. The second-order valence-corrected chi connectivity index (χ2v) is 10.2. The molecule has 1 saturated carbocycles. The molecule has 1 saturated heterocycles. The Morgan fingerprint density at radius 2 is 1.85 bits per heavy atom. The van der Waals surface area contributed by atoms with Gasteiger partial charge in [-0.15, -0.1) is 0 Å². The highest BCUT2D eigenvalue weighted by molar-refractivity contribution is 5.78. The van der Waals surface area contributed by atoms with Gasteiger partial charge in [0.1, 0.15) is 5.82 Å². The number of hydrogen-bond acceptors (Lipinski definition) is 3. The van der Waals surface area contributed by atoms with Crippen molar-refractivity contribution in [3.8, 4) is 11.1 Å². The van der Waals surface area contributed by atoms with Crippen LogP contribution in [0.3, 0.4) is 0 Å². The van der Waals surface area contributed by atoms with E-state index in [0.29, 0.717) is 41.8 Å². The van der Waals surface area contributed by atoms with E-state index in [-0.39, 0.29) is 30.8 Å². The maximum Gasteiger partial charge on any atom is 0.393 e. The molecule has 2 heterocycles. The van der Waals surface area contributed by atoms with Crippen molar-refractivity contribution in [2.24, 2.45) is 11.3 Å². The molecule has 1 aliphatic heterocycles. The van der Waals surface area contributed by atoms with Crippen molar-refractivity contribution < 1.29 is 22.4 Å². The molecule has 8 heteroatoms. The fourth-order valence-corrected chi connectivity index (χ4v) is 4.78. The minimum Gasteiger partial charge on any atom is -0.371 e. The third-order valence-corrected chi connectivity index (χ3v) is 6.94. The minimum atomic E-state index is -4.28. The Bertz CT molecular complexity index is 1060. The van der Waals surface area contributed by atoms with E-state index in [0.717, 1.165) is 24.2 Å². The first-order valence-electron chi connectivity index (χ1n) is 11.8. The van der Waals surface area contributed by atoms with Crippen LogP contribution < -0.4 is 10.2 Å². The zero-order valence-corrected chi connectivity index (χ0v) is 19.9. The number of nitrogens with zero attached hydrogens (tertiary/aromatic N) is 2. The summed E-state index contributed by atoms with van der Waals surface area (Å²) in [4.78, 5) is 18.5. The molecule has 2 aliphatic rings. The first-order chi connectivity index (χ1) is 15.9. The number of carbonyl (C=O) groups excluding carboxylic acids is 1. The summed E-state index contributed by atoms with van der Waals surface area (Å²) in [7, 11) is 0. The van der Waals surface area contributed by atoms with Crippen molar-refractivity contribution in [3.63, 3.8) is 0 Å². The number of carbonyl (C=O) groups is 1. The van der Waals surface area contributed by atoms with Crippen LogP contribution in [0.25, 0.3) is 11.1 Å². The summed E-state index contributed by atoms with van der Waals surface area (Å²) in [5.74, 6) is -2.05. The molecule has 4 nitrogen and oxygen atoms in total. The number of aryl methyl sites for hydroxylation is 2. The van der Waals surface area contributed by atoms with Crippen LogP contribution in [0.4, 0.5) is 23.2 Å². The number of pyridine rings is 1. The number of hydrogen-bond donors (Lipinski definition) is 1. The van der Waals surface area contributed by atoms with Crippen LogP contribution in [0, 0.1) is 31.0 Å². The van der Waals surface area contributed by atoms with E-state index < -0.39 is 17.9 Å². The average Bonchev–Trinajstić information content (AvgIpc) is 3.47. The van der Waals surface area contributed by atoms with Gasteiger partial charge in [0.25, 0.3) is 0 Å². The third-order valence-electron chi connectivity index (χ3n) is 6.94. The smallest absolute Gasteiger partial charge is 0.371 e. The first kappa shape index (κ1) is 24.5. The maximum atomic E-state index is 15.6. The molecule has 1 aromatic carbocycles. The van der Waals surface area contributed by atoms with Crippen LogP contribution in [0.1, 0.15) is 56.0 Å². The summed E-state index contributed by atoms with van der Waals surface area (Å²) < 4.78 is 55.6. The van der Waals surface area contributed by atoms with Gasteiger partial charge in [-0.2, -0.15) is 13.2 Å². The predicted molar refractivity (Wildman–Crippen MR) is 124 cm³/mol. The second-order valence-electron chi connectivity index (χ2n) is 10.2. The lowest BCUT2D eigenvalue weighted by Gasteiger charge is -2.35. The highest BCUT2D eigenvalue weighted by Gasteiger charge is 2.42. The number of anilines is 1. The molecular weight excluding hydrogens is 446 g/mol. The highest BCUT2D eigenvalue weighted by atomic mass is 19.4. The number of amides is 1. The second kappa shape index (κ2) is 9.19. The molecule has 1 atom stereocenters. The van der Waals surface area contributed by atoms with E-state index in [1.165, 1.54) is 6.07 Å². The molecule has 1 amide bonds. The van der Waals surface area contributed by atoms with E-state index in [4.69, 9.17) is 0 Å². The number of benzene rings is 1. The lowest BCUT2D eigenvalue weighted by molar-refractivity contribution is -0.176. The van der Waals surface area contributed by atoms with Gasteiger partial charge in [0.15, 0.2) is 0 Å². The molecule has 4 rings (SSSR count). The Labute approximate surface area is 197 Å². The Kier molecular flexibility index (Phi) is 6.62. The van der Waals surface area contributed by atoms with Crippen molar-refractivity contribution in [3.05, 3.63) is 47.0 Å². The summed E-state index contributed by atoms with van der Waals surface area (Å²) in [6.07, 6.45) is -1.36. The van der Waals surface area contributed by atoms with E-state index in [9.17, 15) is 18.0 Å². The van der Waals surface area contributed by atoms with E-state index >= 15 is 4.39 Å². The molecular formula is C26H31F4N3O. The summed E-state index contributed by atoms with van der Waals surface area (Å²) in [5, 5.41) is 2.91. The van der Waals surface area contributed by atoms with Gasteiger partial charge in [-0.1, -0.05) is 6.92 Å². The van der Waals surface area contributed by atoms with Crippen molar-refractivity contribution >= 4 is 11.6 Å². The molecule has 2 fully saturated rings. The number of rotatable bonds is 6. The maximum absolute atomic E-state index is 15.6. The van der Waals surface area contributed by atoms with Crippen LogP contribution in [0.2, 0.25) is 0 Å². The Morgan fingerprint density at radius 3 is 2.47 bits per heavy atom. The molecule has 1 aromatic heterocycles. The van der Waals surface area contributed by atoms with Gasteiger partial charge >= 0.3 is 6.18 Å². The number of piperidine rings is 1. The van der Waals surface area contributed by atoms with Gasteiger partial charge in [-0.3, -0.25) is 9.78 Å². The van der Waals surface area contributed by atoms with E-state index in [1.807, 2.05) is 13.8 Å². The molecule has 0 spiro atoms. The summed E-state index contributed by atoms with van der Waals surface area (Å²) in [5.41, 5.74) is 3.46. The van der Waals surface area contributed by atoms with Gasteiger partial charge in [0.2, 0.25) is 5.91 Å². The van der Waals surface area contributed by atoms with E-state index in [1.54, 1.807) is 23.1 Å². The fraction of sp³-hybridized carbons (Fsp3) is 0.538. The van der Waals surface area contributed by atoms with Gasteiger partial charge in [-0.25, -0.2) is 4.39 Å². The highest BCUT2D eigenvalue weighted by Crippen LogP contribution is 2.48. The lowest BCUT2D eigenvalue weighted by atomic mass is 9.94. The molecule has 34 heavy (non-hydrogen) atoms. The molecule has 184 valence electrons. The molecule has 0 bridgehead atoms. The topological polar surface area (TPSA) is 45.2 Å². The third kappa shape index (κ3) is 5.70. The van der Waals surface area contributed by atoms with Crippen LogP contribution in [-0.4, -0.2) is 30.2 Å². The largest absolute Gasteiger partial charge is 0.393 e. The Balaban J connectivity index is 1.67. The van der Waals surface area contributed by atoms with Gasteiger partial charge < -0.3 is 10.2 Å². The molecule has 1 N–H and O–H groups in total. The Morgan fingerprint density at radius 1 is 1.18 bits per heavy atom. The van der Waals surface area contributed by atoms with E-state index in [2.05, 4.69) is 17.2 Å². The summed E-state index contributed by atoms with van der Waals surface area (Å²) in [6, 6.07) is 6.60. The summed E-state index contributed by atoms with van der Waals surface area (Å²) in [6.45, 7) is 6.06. The van der Waals surface area contributed by atoms with Crippen LogP contribution in [0.5, 0.6) is 0 Å². The van der Waals surface area contributed by atoms with Gasteiger partial charge in [0.05, 0.1) is 5.92 Å². The van der Waals surface area contributed by atoms with Crippen LogP contribution in [-0.2, 0) is 11.3 Å². The normalized spacial score (nSPS) is 19.7. The lowest BCUT2D eigenvalue weighted by Crippen LogP contribution is -2.41. The van der Waals surface area contributed by atoms with Gasteiger partial charge in [0, 0.05) is 48.7 Å². The number of halogens is 4. The number of aromatic nitrogens is 1. The SMILES string of the molecule is Cc1cc(-c2c(F)cc(N3CCCC(C(F)(F)F)C3)cc2CNC(=O)CC2(C)CC2)cc(C)n1. The minimum absolute atomic E-state index is 0.0414. The number of nitrogens with one attached hydrogen (secondary N) is 1. The van der Waals surface area contributed by atoms with Crippen LogP contribution >= 0.6 is 0 Å². The molecule has 0 radical (unpaired) electrons. The van der Waals surface area contributed by atoms with Crippen molar-refractivity contribution in [1.29, 1.82) is 0 Å². The van der Waals surface area contributed by atoms with Crippen molar-refractivity contribution in [2.75, 3.05) is 18.0 Å². The van der Waals surface area contributed by atoms with Crippen molar-refractivity contribution in [2.45, 2.75) is 65.6 Å². The van der Waals surface area contributed by atoms with Gasteiger partial charge in [-0.05, 0) is 80.3 Å². The molecule has 2 aromatic rings. The van der Waals surface area contributed by atoms with Crippen molar-refractivity contribution in [1.82, 2.24) is 10.3 Å². The fourth-order valence-electron chi connectivity index (χ4n) is 4.78. The average molecular weight is 478 g/mol. The quantitative estimate of drug-likeness (QED) is 0.512. The Hall–Kier alpha value is -2.64. The first-order valence-corrected chi connectivity index (χ1v) is 11.8. The summed E-state index contributed by atoms with van der Waals surface area (Å²) >= 11 is 0. The standard InChI is InChI=1S/C26H31F4N3O/c1-16-9-18(10-17(2)32-16)24-19(14-31-23(34)13-25(3)6-7-25)11-21(12-22(24)27)33-8-4-5-20(15-33)26(28,29)30/h9-12,20H,4-8,13-15H2,1-3H3,(H,31,34). The van der Waals surface area contributed by atoms with Crippen LogP contribution in [0.15, 0.2) is 24.3 Å². The zero-order valence-electron chi connectivity index (χ0n) is 19.9. The predicted octanol–water partition coefficient (Wildman–Crippen LogP) is 6.09. The number of alkyl halides is 3. The monoisotopic (exact) mass is 477 g/mol. The molecule has 1 aliphatic carbocycles.